The summed E-state index contributed by atoms with van der Waals surface area (Å²) in [6.07, 6.45) is 1.29. The summed E-state index contributed by atoms with van der Waals surface area (Å²) >= 11 is 1.65. The lowest BCUT2D eigenvalue weighted by Crippen LogP contribution is -2.37. The first kappa shape index (κ1) is 16.4. The Bertz CT molecular complexity index is 587. The van der Waals surface area contributed by atoms with Crippen LogP contribution >= 0.6 is 11.8 Å². The highest BCUT2D eigenvalue weighted by Gasteiger charge is 2.09. The molecule has 0 saturated heterocycles. The average Bonchev–Trinajstić information content (AvgIpc) is 2.58. The van der Waals surface area contributed by atoms with Crippen LogP contribution in [0.2, 0.25) is 0 Å². The molecule has 0 spiro atoms. The Kier molecular flexibility index (Phi) is 6.30. The van der Waals surface area contributed by atoms with Crippen LogP contribution in [0.4, 0.5) is 4.79 Å². The van der Waals surface area contributed by atoms with Crippen LogP contribution in [0.5, 0.6) is 0 Å². The number of carbonyl (C=O) groups excluding carboxylic acids is 1. The second-order valence-corrected chi connectivity index (χ2v) is 5.72. The Balaban J connectivity index is 1.75. The van der Waals surface area contributed by atoms with Gasteiger partial charge in [0, 0.05) is 18.0 Å². The van der Waals surface area contributed by atoms with Crippen LogP contribution in [0.25, 0.3) is 0 Å². The number of hydrogen-bond acceptors (Lipinski definition) is 3. The van der Waals surface area contributed by atoms with Crippen molar-refractivity contribution in [3.63, 3.8) is 0 Å². The monoisotopic (exact) mass is 316 g/mol. The molecular formula is C17H20N2O2S. The van der Waals surface area contributed by atoms with E-state index in [4.69, 9.17) is 0 Å². The van der Waals surface area contributed by atoms with Crippen LogP contribution in [-0.4, -0.2) is 23.9 Å². The van der Waals surface area contributed by atoms with Gasteiger partial charge in [-0.1, -0.05) is 42.5 Å². The number of urea groups is 1. The minimum Gasteiger partial charge on any atom is -0.387 e. The fourth-order valence-corrected chi connectivity index (χ4v) is 2.38. The van der Waals surface area contributed by atoms with Crippen LogP contribution in [-0.2, 0) is 6.54 Å². The van der Waals surface area contributed by atoms with Gasteiger partial charge in [-0.3, -0.25) is 0 Å². The molecule has 0 aliphatic rings. The molecule has 2 amide bonds. The first-order chi connectivity index (χ1) is 10.7. The van der Waals surface area contributed by atoms with E-state index in [0.717, 1.165) is 16.0 Å². The number of hydrogen-bond donors (Lipinski definition) is 3. The maximum absolute atomic E-state index is 11.7. The molecule has 1 atom stereocenters. The van der Waals surface area contributed by atoms with Gasteiger partial charge in [0.05, 0.1) is 6.10 Å². The van der Waals surface area contributed by atoms with E-state index in [-0.39, 0.29) is 12.6 Å². The van der Waals surface area contributed by atoms with Gasteiger partial charge in [0.25, 0.3) is 0 Å². The second kappa shape index (κ2) is 8.46. The fourth-order valence-electron chi connectivity index (χ4n) is 1.97. The molecule has 0 radical (unpaired) electrons. The molecule has 3 N–H and O–H groups in total. The molecule has 0 fully saturated rings. The minimum absolute atomic E-state index is 0.180. The lowest BCUT2D eigenvalue weighted by Gasteiger charge is -2.13. The molecule has 0 aromatic heterocycles. The van der Waals surface area contributed by atoms with Gasteiger partial charge in [0.2, 0.25) is 0 Å². The summed E-state index contributed by atoms with van der Waals surface area (Å²) in [4.78, 5) is 12.9. The normalized spacial score (nSPS) is 11.7. The van der Waals surface area contributed by atoms with Crippen molar-refractivity contribution in [2.24, 2.45) is 0 Å². The Hall–Kier alpha value is -1.98. The van der Waals surface area contributed by atoms with Crippen molar-refractivity contribution in [1.29, 1.82) is 0 Å². The van der Waals surface area contributed by atoms with Crippen LogP contribution < -0.4 is 10.6 Å². The van der Waals surface area contributed by atoms with Crippen molar-refractivity contribution in [1.82, 2.24) is 10.6 Å². The summed E-state index contributed by atoms with van der Waals surface area (Å²) in [5.74, 6) is 0. The summed E-state index contributed by atoms with van der Waals surface area (Å²) in [7, 11) is 0. The molecule has 0 saturated carbocycles. The van der Waals surface area contributed by atoms with Gasteiger partial charge in [-0.25, -0.2) is 4.79 Å². The van der Waals surface area contributed by atoms with Crippen LogP contribution in [0.15, 0.2) is 59.5 Å². The van der Waals surface area contributed by atoms with E-state index in [1.165, 1.54) is 0 Å². The molecular weight excluding hydrogens is 296 g/mol. The predicted molar refractivity (Wildman–Crippen MR) is 89.9 cm³/mol. The molecule has 0 bridgehead atoms. The smallest absolute Gasteiger partial charge is 0.315 e. The SMILES string of the molecule is CSc1ccc([C@H](O)CNC(=O)NCc2ccccc2)cc1. The van der Waals surface area contributed by atoms with E-state index in [1.807, 2.05) is 60.9 Å². The number of aliphatic hydroxyl groups excluding tert-OH is 1. The largest absolute Gasteiger partial charge is 0.387 e. The van der Waals surface area contributed by atoms with Crippen molar-refractivity contribution in [3.05, 3.63) is 65.7 Å². The standard InChI is InChI=1S/C17H20N2O2S/c1-22-15-9-7-14(8-10-15)16(20)12-19-17(21)18-11-13-5-3-2-4-6-13/h2-10,16,20H,11-12H2,1H3,(H2,18,19,21)/t16-/m1/s1. The lowest BCUT2D eigenvalue weighted by atomic mass is 10.1. The third-order valence-electron chi connectivity index (χ3n) is 3.25. The highest BCUT2D eigenvalue weighted by Crippen LogP contribution is 2.18. The van der Waals surface area contributed by atoms with Gasteiger partial charge in [-0.15, -0.1) is 11.8 Å². The number of rotatable bonds is 6. The number of carbonyl (C=O) groups is 1. The number of aliphatic hydroxyl groups is 1. The summed E-state index contributed by atoms with van der Waals surface area (Å²) in [6.45, 7) is 0.643. The van der Waals surface area contributed by atoms with Crippen LogP contribution in [0.3, 0.4) is 0 Å². The molecule has 2 aromatic rings. The van der Waals surface area contributed by atoms with Crippen molar-refractivity contribution in [3.8, 4) is 0 Å². The van der Waals surface area contributed by atoms with Gasteiger partial charge in [-0.05, 0) is 29.5 Å². The highest BCUT2D eigenvalue weighted by molar-refractivity contribution is 7.98. The molecule has 2 aromatic carbocycles. The summed E-state index contributed by atoms with van der Waals surface area (Å²) in [6, 6.07) is 17.1. The van der Waals surface area contributed by atoms with Crippen molar-refractivity contribution < 1.29 is 9.90 Å². The molecule has 4 nitrogen and oxygen atoms in total. The van der Waals surface area contributed by atoms with Crippen LogP contribution in [0, 0.1) is 0 Å². The maximum Gasteiger partial charge on any atom is 0.315 e. The van der Waals surface area contributed by atoms with Crippen LogP contribution in [0.1, 0.15) is 17.2 Å². The number of benzene rings is 2. The zero-order valence-corrected chi connectivity index (χ0v) is 13.3. The van der Waals surface area contributed by atoms with E-state index in [9.17, 15) is 9.90 Å². The maximum atomic E-state index is 11.7. The molecule has 22 heavy (non-hydrogen) atoms. The molecule has 0 aliphatic carbocycles. The van der Waals surface area contributed by atoms with Gasteiger partial charge >= 0.3 is 6.03 Å². The van der Waals surface area contributed by atoms with E-state index >= 15 is 0 Å². The zero-order chi connectivity index (χ0) is 15.8. The summed E-state index contributed by atoms with van der Waals surface area (Å²) < 4.78 is 0. The van der Waals surface area contributed by atoms with E-state index < -0.39 is 6.10 Å². The second-order valence-electron chi connectivity index (χ2n) is 4.84. The van der Waals surface area contributed by atoms with E-state index in [2.05, 4.69) is 10.6 Å². The van der Waals surface area contributed by atoms with E-state index in [1.54, 1.807) is 11.8 Å². The van der Waals surface area contributed by atoms with Gasteiger partial charge in [0.15, 0.2) is 0 Å². The summed E-state index contributed by atoms with van der Waals surface area (Å²) in [5.41, 5.74) is 1.83. The lowest BCUT2D eigenvalue weighted by molar-refractivity contribution is 0.173. The summed E-state index contributed by atoms with van der Waals surface area (Å²) in [5, 5.41) is 15.5. The van der Waals surface area contributed by atoms with Gasteiger partial charge in [0.1, 0.15) is 0 Å². The van der Waals surface area contributed by atoms with Gasteiger partial charge in [-0.2, -0.15) is 0 Å². The Morgan fingerprint density at radius 3 is 2.41 bits per heavy atom. The van der Waals surface area contributed by atoms with Crippen molar-refractivity contribution in [2.45, 2.75) is 17.5 Å². The fraction of sp³-hybridized carbons (Fsp3) is 0.235. The first-order valence-corrected chi connectivity index (χ1v) is 8.29. The highest BCUT2D eigenvalue weighted by atomic mass is 32.2. The topological polar surface area (TPSA) is 61.4 Å². The molecule has 0 aliphatic heterocycles. The number of amides is 2. The van der Waals surface area contributed by atoms with E-state index in [0.29, 0.717) is 6.54 Å². The average molecular weight is 316 g/mol. The number of nitrogens with one attached hydrogen (secondary N) is 2. The molecule has 0 heterocycles. The molecule has 116 valence electrons. The van der Waals surface area contributed by atoms with Gasteiger partial charge < -0.3 is 15.7 Å². The minimum atomic E-state index is -0.710. The number of thioether (sulfide) groups is 1. The quantitative estimate of drug-likeness (QED) is 0.718. The predicted octanol–water partition coefficient (Wildman–Crippen LogP) is 2.94. The Morgan fingerprint density at radius 1 is 1.09 bits per heavy atom. The molecule has 5 heteroatoms. The Morgan fingerprint density at radius 2 is 1.77 bits per heavy atom. The first-order valence-electron chi connectivity index (χ1n) is 7.06. The zero-order valence-electron chi connectivity index (χ0n) is 12.5. The third kappa shape index (κ3) is 5.09. The Labute approximate surface area is 134 Å². The van der Waals surface area contributed by atoms with Crippen molar-refractivity contribution in [2.75, 3.05) is 12.8 Å². The molecule has 2 rings (SSSR count). The third-order valence-corrected chi connectivity index (χ3v) is 4.00. The molecule has 0 unspecified atom stereocenters. The van der Waals surface area contributed by atoms with Crippen molar-refractivity contribution >= 4 is 17.8 Å².